The van der Waals surface area contributed by atoms with Gasteiger partial charge in [0.05, 0.1) is 29.0 Å². The lowest BCUT2D eigenvalue weighted by atomic mass is 9.81. The average Bonchev–Trinajstić information content (AvgIpc) is 3.21. The first-order valence-electron chi connectivity index (χ1n) is 11.7. The number of cyclic esters (lactones) is 1. The Hall–Kier alpha value is -3.10. The lowest BCUT2D eigenvalue weighted by Crippen LogP contribution is -2.45. The Balaban J connectivity index is 1.70. The van der Waals surface area contributed by atoms with Crippen LogP contribution < -0.4 is 10.9 Å². The Morgan fingerprint density at radius 3 is 2.79 bits per heavy atom. The van der Waals surface area contributed by atoms with Crippen LogP contribution in [0.25, 0.3) is 22.3 Å². The molecule has 2 aliphatic heterocycles. The van der Waals surface area contributed by atoms with Crippen molar-refractivity contribution in [2.24, 2.45) is 0 Å². The van der Waals surface area contributed by atoms with E-state index in [4.69, 9.17) is 14.5 Å². The van der Waals surface area contributed by atoms with E-state index in [-0.39, 0.29) is 24.0 Å². The van der Waals surface area contributed by atoms with E-state index < -0.39 is 11.6 Å². The molecule has 0 fully saturated rings. The van der Waals surface area contributed by atoms with Gasteiger partial charge in [-0.1, -0.05) is 6.92 Å². The molecule has 176 valence electrons. The van der Waals surface area contributed by atoms with Gasteiger partial charge in [-0.15, -0.1) is 0 Å². The van der Waals surface area contributed by atoms with Gasteiger partial charge < -0.3 is 19.4 Å². The number of carbonyl (C=O) groups excluding carboxylic acids is 1. The topological polar surface area (TPSA) is 82.5 Å². The number of benzene rings is 1. The molecule has 0 bridgehead atoms. The van der Waals surface area contributed by atoms with Crippen molar-refractivity contribution >= 4 is 16.9 Å². The predicted octanol–water partition coefficient (Wildman–Crippen LogP) is 3.39. The third-order valence-corrected chi connectivity index (χ3v) is 8.04. The third kappa shape index (κ3) is 2.50. The van der Waals surface area contributed by atoms with Crippen LogP contribution in [0.3, 0.4) is 0 Å². The van der Waals surface area contributed by atoms with Crippen LogP contribution in [0.4, 0.5) is 4.39 Å². The molecule has 4 heterocycles. The normalized spacial score (nSPS) is 22.4. The molecule has 0 saturated heterocycles. The molecule has 2 unspecified atom stereocenters. The van der Waals surface area contributed by atoms with Gasteiger partial charge in [-0.25, -0.2) is 14.2 Å². The molecule has 0 spiro atoms. The highest BCUT2D eigenvalue weighted by Gasteiger charge is 2.47. The molecule has 3 aliphatic rings. The summed E-state index contributed by atoms with van der Waals surface area (Å²) in [5, 5.41) is 4.40. The summed E-state index contributed by atoms with van der Waals surface area (Å²) in [5.41, 5.74) is 5.05. The van der Waals surface area contributed by atoms with Gasteiger partial charge in [-0.3, -0.25) is 4.79 Å². The molecule has 0 radical (unpaired) electrons. The van der Waals surface area contributed by atoms with Gasteiger partial charge in [-0.2, -0.15) is 0 Å². The van der Waals surface area contributed by atoms with E-state index in [0.717, 1.165) is 34.9 Å². The second-order valence-electron chi connectivity index (χ2n) is 9.36. The summed E-state index contributed by atoms with van der Waals surface area (Å²) >= 11 is 0. The van der Waals surface area contributed by atoms with Crippen LogP contribution in [-0.2, 0) is 39.4 Å². The largest absolute Gasteiger partial charge is 0.458 e. The molecule has 3 aromatic rings. The molecule has 0 amide bonds. The molecule has 7 nitrogen and oxygen atoms in total. The van der Waals surface area contributed by atoms with Crippen LogP contribution in [0.2, 0.25) is 0 Å². The van der Waals surface area contributed by atoms with Crippen LogP contribution in [0.1, 0.15) is 59.2 Å². The fraction of sp³-hybridized carbons (Fsp3) is 0.423. The Morgan fingerprint density at radius 1 is 1.29 bits per heavy atom. The van der Waals surface area contributed by atoms with Crippen molar-refractivity contribution < 1.29 is 18.7 Å². The minimum Gasteiger partial charge on any atom is -0.458 e. The Morgan fingerprint density at radius 2 is 2.09 bits per heavy atom. The number of fused-ring (bicyclic) bond motifs is 5. The molecule has 34 heavy (non-hydrogen) atoms. The zero-order chi connectivity index (χ0) is 23.9. The Labute approximate surface area is 195 Å². The average molecular weight is 464 g/mol. The summed E-state index contributed by atoms with van der Waals surface area (Å²) in [5.74, 6) is -0.761. The van der Waals surface area contributed by atoms with Crippen molar-refractivity contribution in [1.82, 2.24) is 14.9 Å². The van der Waals surface area contributed by atoms with E-state index in [0.29, 0.717) is 46.6 Å². The maximum atomic E-state index is 14.8. The molecule has 1 aliphatic carbocycles. The zero-order valence-electron chi connectivity index (χ0n) is 19.7. The minimum absolute atomic E-state index is 0.0786. The van der Waals surface area contributed by atoms with Gasteiger partial charge >= 0.3 is 5.97 Å². The second kappa shape index (κ2) is 7.20. The highest BCUT2D eigenvalue weighted by atomic mass is 19.1. The number of hydrogen-bond donors (Lipinski definition) is 1. The molecule has 0 saturated carbocycles. The van der Waals surface area contributed by atoms with E-state index in [1.807, 2.05) is 27.0 Å². The first kappa shape index (κ1) is 21.4. The van der Waals surface area contributed by atoms with E-state index in [1.165, 1.54) is 13.2 Å². The summed E-state index contributed by atoms with van der Waals surface area (Å²) in [6.07, 6.45) is 1.94. The first-order chi connectivity index (χ1) is 16.4. The lowest BCUT2D eigenvalue weighted by Gasteiger charge is -2.35. The van der Waals surface area contributed by atoms with E-state index in [9.17, 15) is 14.0 Å². The highest BCUT2D eigenvalue weighted by Crippen LogP contribution is 2.46. The number of halogens is 1. The van der Waals surface area contributed by atoms with Crippen LogP contribution in [0.15, 0.2) is 16.9 Å². The summed E-state index contributed by atoms with van der Waals surface area (Å²) in [4.78, 5) is 31.3. The highest BCUT2D eigenvalue weighted by molar-refractivity contribution is 5.93. The fourth-order valence-corrected chi connectivity index (χ4v) is 6.17. The number of esters is 1. The van der Waals surface area contributed by atoms with Crippen molar-refractivity contribution in [2.75, 3.05) is 14.2 Å². The number of methoxy groups -OCH3 is 1. The lowest BCUT2D eigenvalue weighted by molar-refractivity contribution is -0.176. The molecule has 1 N–H and O–H groups in total. The number of ether oxygens (including phenoxy) is 2. The van der Waals surface area contributed by atoms with Crippen LogP contribution in [0.5, 0.6) is 0 Å². The van der Waals surface area contributed by atoms with Gasteiger partial charge in [0.25, 0.3) is 5.56 Å². The fourth-order valence-electron chi connectivity index (χ4n) is 6.17. The van der Waals surface area contributed by atoms with Gasteiger partial charge in [-0.05, 0) is 56.0 Å². The summed E-state index contributed by atoms with van der Waals surface area (Å²) in [6.45, 7) is 3.95. The number of carbonyl (C=O) groups is 1. The van der Waals surface area contributed by atoms with Crippen molar-refractivity contribution in [2.45, 2.75) is 57.9 Å². The predicted molar refractivity (Wildman–Crippen MR) is 124 cm³/mol. The maximum Gasteiger partial charge on any atom is 0.343 e. The Bertz CT molecular complexity index is 1470. The number of pyridine rings is 2. The molecule has 6 rings (SSSR count). The molecular weight excluding hydrogens is 437 g/mol. The smallest absolute Gasteiger partial charge is 0.343 e. The maximum absolute atomic E-state index is 14.8. The van der Waals surface area contributed by atoms with Crippen LogP contribution in [-0.4, -0.2) is 29.7 Å². The number of aryl methyl sites for hydroxylation is 1. The Kier molecular flexibility index (Phi) is 4.54. The SMILES string of the molecule is CCC1(OC)C(=O)OCc2c1cc1n(c2=O)Cc2c-1nc1cc(F)c(C)c3c1c2C(NC)CC3. The van der Waals surface area contributed by atoms with Gasteiger partial charge in [0.1, 0.15) is 12.4 Å². The zero-order valence-corrected chi connectivity index (χ0v) is 19.7. The summed E-state index contributed by atoms with van der Waals surface area (Å²) < 4.78 is 27.6. The molecule has 2 aromatic heterocycles. The molecule has 2 atom stereocenters. The molecule has 8 heteroatoms. The number of aromatic nitrogens is 2. The van der Waals surface area contributed by atoms with Crippen LogP contribution in [0, 0.1) is 12.7 Å². The number of nitrogens with zero attached hydrogens (tertiary/aromatic N) is 2. The van der Waals surface area contributed by atoms with Crippen LogP contribution >= 0.6 is 0 Å². The van der Waals surface area contributed by atoms with Crippen molar-refractivity contribution in [3.8, 4) is 11.4 Å². The number of hydrogen-bond acceptors (Lipinski definition) is 6. The quantitative estimate of drug-likeness (QED) is 0.469. The van der Waals surface area contributed by atoms with Crippen molar-refractivity contribution in [3.63, 3.8) is 0 Å². The van der Waals surface area contributed by atoms with E-state index >= 15 is 0 Å². The summed E-state index contributed by atoms with van der Waals surface area (Å²) in [7, 11) is 3.38. The minimum atomic E-state index is -1.33. The van der Waals surface area contributed by atoms with Gasteiger partial charge in [0.2, 0.25) is 0 Å². The van der Waals surface area contributed by atoms with Gasteiger partial charge in [0, 0.05) is 35.7 Å². The second-order valence-corrected chi connectivity index (χ2v) is 9.36. The van der Waals surface area contributed by atoms with Crippen molar-refractivity contribution in [3.05, 3.63) is 61.7 Å². The number of rotatable bonds is 3. The van der Waals surface area contributed by atoms with Crippen molar-refractivity contribution in [1.29, 1.82) is 0 Å². The monoisotopic (exact) mass is 463 g/mol. The summed E-state index contributed by atoms with van der Waals surface area (Å²) in [6, 6.07) is 3.43. The first-order valence-corrected chi connectivity index (χ1v) is 11.7. The standard InChI is InChI=1S/C26H26FN3O4/c1-5-26(33-4)16-8-20-23-14(10-30(20)24(31)15(16)11-34-25(26)32)22-18(28-3)7-6-13-12(2)17(27)9-19(29-23)21(13)22/h8-9,18,28H,5-7,10-11H2,1-4H3. The van der Waals surface area contributed by atoms with Gasteiger partial charge in [0.15, 0.2) is 5.60 Å². The third-order valence-electron chi connectivity index (χ3n) is 8.04. The van der Waals surface area contributed by atoms with E-state index in [2.05, 4.69) is 5.32 Å². The molecule has 1 aromatic carbocycles. The number of nitrogens with one attached hydrogen (secondary N) is 1. The molecular formula is C26H26FN3O4. The van der Waals surface area contributed by atoms with E-state index in [1.54, 1.807) is 4.57 Å².